The zero-order valence-electron chi connectivity index (χ0n) is 16.5. The van der Waals surface area contributed by atoms with Crippen molar-refractivity contribution in [2.24, 2.45) is 0 Å². The lowest BCUT2D eigenvalue weighted by Gasteiger charge is -2.17. The number of Topliss-reactive ketones (excluding diaryl/α,β-unsaturated/α-hetero) is 1. The minimum Gasteiger partial charge on any atom is -0.467 e. The number of nitrogens with zero attached hydrogens (tertiary/aromatic N) is 4. The lowest BCUT2D eigenvalue weighted by Crippen LogP contribution is -2.31. The average molecular weight is 426 g/mol. The summed E-state index contributed by atoms with van der Waals surface area (Å²) in [7, 11) is 0. The van der Waals surface area contributed by atoms with Crippen LogP contribution in [0.25, 0.3) is 0 Å². The monoisotopic (exact) mass is 425 g/mol. The molecule has 1 amide bonds. The van der Waals surface area contributed by atoms with Gasteiger partial charge >= 0.3 is 0 Å². The van der Waals surface area contributed by atoms with Crippen molar-refractivity contribution in [3.8, 4) is 0 Å². The molecule has 1 saturated heterocycles. The van der Waals surface area contributed by atoms with Gasteiger partial charge in [-0.25, -0.2) is 0 Å². The molecular weight excluding hydrogens is 402 g/mol. The molecule has 0 bridgehead atoms. The number of aromatic nitrogens is 3. The second-order valence-corrected chi connectivity index (χ2v) is 7.94. The van der Waals surface area contributed by atoms with Crippen molar-refractivity contribution < 1.29 is 14.0 Å². The Morgan fingerprint density at radius 2 is 1.87 bits per heavy atom. The van der Waals surface area contributed by atoms with Crippen LogP contribution < -0.4 is 10.2 Å². The topological polar surface area (TPSA) is 93.3 Å². The third-order valence-corrected chi connectivity index (χ3v) is 5.82. The van der Waals surface area contributed by atoms with Gasteiger partial charge in [-0.3, -0.25) is 14.2 Å². The molecule has 1 aliphatic rings. The Kier molecular flexibility index (Phi) is 6.48. The molecule has 156 valence electrons. The van der Waals surface area contributed by atoms with E-state index in [9.17, 15) is 9.59 Å². The van der Waals surface area contributed by atoms with Gasteiger partial charge in [0.15, 0.2) is 10.9 Å². The van der Waals surface area contributed by atoms with Gasteiger partial charge in [-0.15, -0.1) is 10.2 Å². The van der Waals surface area contributed by atoms with Crippen LogP contribution in [0.2, 0.25) is 0 Å². The Morgan fingerprint density at radius 1 is 1.07 bits per heavy atom. The number of benzene rings is 1. The molecule has 1 aliphatic heterocycles. The first kappa shape index (κ1) is 20.2. The van der Waals surface area contributed by atoms with E-state index in [1.54, 1.807) is 30.5 Å². The summed E-state index contributed by atoms with van der Waals surface area (Å²) in [6.07, 6.45) is 3.90. The number of carbonyl (C=O) groups excluding carboxylic acids is 2. The summed E-state index contributed by atoms with van der Waals surface area (Å²) in [5, 5.41) is 12.0. The van der Waals surface area contributed by atoms with E-state index in [2.05, 4.69) is 20.4 Å². The highest BCUT2D eigenvalue weighted by atomic mass is 32.2. The normalized spacial score (nSPS) is 13.5. The predicted octanol–water partition coefficient (Wildman–Crippen LogP) is 2.61. The van der Waals surface area contributed by atoms with E-state index in [-0.39, 0.29) is 24.0 Å². The lowest BCUT2D eigenvalue weighted by molar-refractivity contribution is -0.118. The average Bonchev–Trinajstić information content (AvgIpc) is 3.54. The Morgan fingerprint density at radius 3 is 2.60 bits per heavy atom. The SMILES string of the molecule is O=C(CSc1nnc(N2CCCC2)n1Cc1ccco1)NCC(=O)c1ccccc1. The van der Waals surface area contributed by atoms with E-state index in [1.807, 2.05) is 22.8 Å². The molecular formula is C21H23N5O3S. The fourth-order valence-electron chi connectivity index (χ4n) is 3.32. The number of ketones is 1. The maximum atomic E-state index is 12.3. The molecule has 0 radical (unpaired) electrons. The molecule has 2 aromatic heterocycles. The molecule has 0 saturated carbocycles. The maximum absolute atomic E-state index is 12.3. The molecule has 1 aromatic carbocycles. The Hall–Kier alpha value is -3.07. The van der Waals surface area contributed by atoms with Crippen molar-refractivity contribution in [2.75, 3.05) is 30.3 Å². The largest absolute Gasteiger partial charge is 0.467 e. The van der Waals surface area contributed by atoms with Gasteiger partial charge in [0.2, 0.25) is 11.9 Å². The first-order valence-electron chi connectivity index (χ1n) is 9.89. The third-order valence-electron chi connectivity index (χ3n) is 4.85. The standard InChI is InChI=1S/C21H23N5O3S/c27-18(16-7-2-1-3-8-16)13-22-19(28)15-30-21-24-23-20(25-10-4-5-11-25)26(21)14-17-9-6-12-29-17/h1-3,6-9,12H,4-5,10-11,13-15H2,(H,22,28). The van der Waals surface area contributed by atoms with Crippen molar-refractivity contribution in [3.05, 3.63) is 60.1 Å². The van der Waals surface area contributed by atoms with Gasteiger partial charge in [0, 0.05) is 18.7 Å². The van der Waals surface area contributed by atoms with Gasteiger partial charge in [0.25, 0.3) is 0 Å². The van der Waals surface area contributed by atoms with Gasteiger partial charge in [-0.05, 0) is 25.0 Å². The summed E-state index contributed by atoms with van der Waals surface area (Å²) in [5.74, 6) is 1.41. The second kappa shape index (κ2) is 9.62. The zero-order chi connectivity index (χ0) is 20.8. The van der Waals surface area contributed by atoms with Crippen LogP contribution in [0.3, 0.4) is 0 Å². The quantitative estimate of drug-likeness (QED) is 0.416. The number of carbonyl (C=O) groups is 2. The van der Waals surface area contributed by atoms with Crippen molar-refractivity contribution in [3.63, 3.8) is 0 Å². The molecule has 3 aromatic rings. The predicted molar refractivity (Wildman–Crippen MR) is 114 cm³/mol. The number of anilines is 1. The molecule has 1 fully saturated rings. The van der Waals surface area contributed by atoms with E-state index >= 15 is 0 Å². The van der Waals surface area contributed by atoms with Crippen LogP contribution >= 0.6 is 11.8 Å². The van der Waals surface area contributed by atoms with Crippen molar-refractivity contribution in [2.45, 2.75) is 24.5 Å². The molecule has 0 spiro atoms. The number of thioether (sulfide) groups is 1. The highest BCUT2D eigenvalue weighted by Crippen LogP contribution is 2.25. The fraction of sp³-hybridized carbons (Fsp3) is 0.333. The molecule has 8 nitrogen and oxygen atoms in total. The minimum atomic E-state index is -0.223. The lowest BCUT2D eigenvalue weighted by atomic mass is 10.1. The minimum absolute atomic E-state index is 0.0263. The molecule has 0 unspecified atom stereocenters. The number of furan rings is 1. The molecule has 4 rings (SSSR count). The molecule has 9 heteroatoms. The summed E-state index contributed by atoms with van der Waals surface area (Å²) in [6, 6.07) is 12.7. The molecule has 1 N–H and O–H groups in total. The van der Waals surface area contributed by atoms with E-state index < -0.39 is 0 Å². The zero-order valence-corrected chi connectivity index (χ0v) is 17.3. The van der Waals surface area contributed by atoms with Crippen LogP contribution in [0.4, 0.5) is 5.95 Å². The van der Waals surface area contributed by atoms with E-state index in [0.29, 0.717) is 17.3 Å². The third kappa shape index (κ3) is 4.91. The van der Waals surface area contributed by atoms with Crippen molar-refractivity contribution >= 4 is 29.4 Å². The van der Waals surface area contributed by atoms with Crippen LogP contribution in [0.15, 0.2) is 58.3 Å². The first-order valence-corrected chi connectivity index (χ1v) is 10.9. The number of nitrogens with one attached hydrogen (secondary N) is 1. The maximum Gasteiger partial charge on any atom is 0.230 e. The molecule has 0 atom stereocenters. The summed E-state index contributed by atoms with van der Waals surface area (Å²) in [5.41, 5.74) is 0.582. The smallest absolute Gasteiger partial charge is 0.230 e. The first-order chi connectivity index (χ1) is 14.7. The number of hydrogen-bond acceptors (Lipinski definition) is 7. The molecule has 30 heavy (non-hydrogen) atoms. The van der Waals surface area contributed by atoms with E-state index in [4.69, 9.17) is 4.42 Å². The summed E-state index contributed by atoms with van der Waals surface area (Å²) in [6.45, 7) is 2.37. The summed E-state index contributed by atoms with van der Waals surface area (Å²) in [4.78, 5) is 26.6. The van der Waals surface area contributed by atoms with E-state index in [0.717, 1.165) is 37.6 Å². The Balaban J connectivity index is 1.37. The van der Waals surface area contributed by atoms with Crippen molar-refractivity contribution in [1.29, 1.82) is 0 Å². The highest BCUT2D eigenvalue weighted by molar-refractivity contribution is 7.99. The molecule has 0 aliphatic carbocycles. The Bertz CT molecular complexity index is 982. The van der Waals surface area contributed by atoms with Gasteiger partial charge in [0.05, 0.1) is 25.1 Å². The Labute approximate surface area is 178 Å². The molecule has 3 heterocycles. The van der Waals surface area contributed by atoms with Gasteiger partial charge in [-0.1, -0.05) is 42.1 Å². The van der Waals surface area contributed by atoms with Crippen LogP contribution in [0.1, 0.15) is 29.0 Å². The number of hydrogen-bond donors (Lipinski definition) is 1. The summed E-state index contributed by atoms with van der Waals surface area (Å²) >= 11 is 1.30. The highest BCUT2D eigenvalue weighted by Gasteiger charge is 2.22. The summed E-state index contributed by atoms with van der Waals surface area (Å²) < 4.78 is 7.47. The van der Waals surface area contributed by atoms with E-state index in [1.165, 1.54) is 11.8 Å². The fourth-order valence-corrected chi connectivity index (χ4v) is 4.08. The van der Waals surface area contributed by atoms with Crippen LogP contribution in [-0.4, -0.2) is 51.8 Å². The van der Waals surface area contributed by atoms with Crippen LogP contribution in [-0.2, 0) is 11.3 Å². The van der Waals surface area contributed by atoms with Gasteiger partial charge in [-0.2, -0.15) is 0 Å². The van der Waals surface area contributed by atoms with Crippen molar-refractivity contribution in [1.82, 2.24) is 20.1 Å². The second-order valence-electron chi connectivity index (χ2n) is 7.00. The number of amides is 1. The van der Waals surface area contributed by atoms with Gasteiger partial charge < -0.3 is 14.6 Å². The van der Waals surface area contributed by atoms with Crippen LogP contribution in [0.5, 0.6) is 0 Å². The van der Waals surface area contributed by atoms with Crippen LogP contribution in [0, 0.1) is 0 Å². The van der Waals surface area contributed by atoms with Gasteiger partial charge in [0.1, 0.15) is 5.76 Å². The number of rotatable bonds is 9.